The van der Waals surface area contributed by atoms with E-state index in [1.807, 2.05) is 28.8 Å². The van der Waals surface area contributed by atoms with Crippen LogP contribution in [0.5, 0.6) is 0 Å². The van der Waals surface area contributed by atoms with Crippen molar-refractivity contribution in [1.29, 1.82) is 0 Å². The van der Waals surface area contributed by atoms with Crippen LogP contribution in [0.3, 0.4) is 0 Å². The maximum atomic E-state index is 5.98. The molecule has 5 heterocycles. The van der Waals surface area contributed by atoms with Gasteiger partial charge in [-0.1, -0.05) is 0 Å². The van der Waals surface area contributed by atoms with E-state index < -0.39 is 0 Å². The molecule has 4 N–H and O–H groups in total. The molecular formula is C19H16N10. The molecule has 5 aromatic rings. The molecule has 0 bridgehead atoms. The molecule has 0 aromatic carbocycles. The first-order valence-electron chi connectivity index (χ1n) is 8.83. The number of nitrogens with zero attached hydrogens (tertiary/aromatic N) is 7. The van der Waals surface area contributed by atoms with E-state index in [-0.39, 0.29) is 0 Å². The first-order chi connectivity index (χ1) is 14.2. The Balaban J connectivity index is 1.75. The normalized spacial score (nSPS) is 11.1. The first kappa shape index (κ1) is 16.8. The van der Waals surface area contributed by atoms with E-state index in [0.29, 0.717) is 29.0 Å². The van der Waals surface area contributed by atoms with Gasteiger partial charge < -0.3 is 11.1 Å². The van der Waals surface area contributed by atoms with Gasteiger partial charge in [0, 0.05) is 41.9 Å². The molecule has 0 radical (unpaired) electrons. The highest BCUT2D eigenvalue weighted by atomic mass is 15.2. The summed E-state index contributed by atoms with van der Waals surface area (Å²) in [5.74, 6) is 2.30. The lowest BCUT2D eigenvalue weighted by molar-refractivity contribution is 1.05. The Morgan fingerprint density at radius 3 is 2.66 bits per heavy atom. The molecule has 0 atom stereocenters. The van der Waals surface area contributed by atoms with Crippen LogP contribution < -0.4 is 11.1 Å². The monoisotopic (exact) mass is 384 g/mol. The molecule has 0 saturated heterocycles. The number of pyridine rings is 1. The van der Waals surface area contributed by atoms with Crippen LogP contribution in [0, 0.1) is 6.92 Å². The summed E-state index contributed by atoms with van der Waals surface area (Å²) in [6, 6.07) is 7.46. The molecule has 0 aliphatic heterocycles. The van der Waals surface area contributed by atoms with Gasteiger partial charge in [0.2, 0.25) is 0 Å². The van der Waals surface area contributed by atoms with Gasteiger partial charge in [-0.05, 0) is 19.1 Å². The largest absolute Gasteiger partial charge is 0.384 e. The van der Waals surface area contributed by atoms with Crippen LogP contribution in [0.25, 0.3) is 28.2 Å². The van der Waals surface area contributed by atoms with Crippen LogP contribution in [0.1, 0.15) is 5.82 Å². The maximum Gasteiger partial charge on any atom is 0.160 e. The van der Waals surface area contributed by atoms with Gasteiger partial charge in [0.05, 0.1) is 11.9 Å². The van der Waals surface area contributed by atoms with Crippen LogP contribution in [-0.2, 0) is 0 Å². The van der Waals surface area contributed by atoms with Gasteiger partial charge in [-0.25, -0.2) is 24.9 Å². The summed E-state index contributed by atoms with van der Waals surface area (Å²) < 4.78 is 1.96. The third-order valence-corrected chi connectivity index (χ3v) is 4.37. The van der Waals surface area contributed by atoms with Gasteiger partial charge in [0.1, 0.15) is 35.1 Å². The Labute approximate surface area is 164 Å². The number of H-pyrrole nitrogens is 1. The average Bonchev–Trinajstić information content (AvgIpc) is 3.35. The van der Waals surface area contributed by atoms with Crippen molar-refractivity contribution in [3.05, 3.63) is 61.2 Å². The van der Waals surface area contributed by atoms with Crippen molar-refractivity contribution in [2.75, 3.05) is 11.1 Å². The summed E-state index contributed by atoms with van der Waals surface area (Å²) >= 11 is 0. The van der Waals surface area contributed by atoms with Crippen LogP contribution >= 0.6 is 0 Å². The Kier molecular flexibility index (Phi) is 3.87. The number of anilines is 3. The SMILES string of the molecule is Cc1nc(N)cc(-c2c(Nc3ccn[nH]3)nc3ccc(-c4cncnc4)cn23)n1. The summed E-state index contributed by atoms with van der Waals surface area (Å²) in [7, 11) is 0. The lowest BCUT2D eigenvalue weighted by Gasteiger charge is -2.08. The second-order valence-electron chi connectivity index (χ2n) is 6.40. The molecule has 0 spiro atoms. The third kappa shape index (κ3) is 3.12. The Morgan fingerprint density at radius 1 is 1.03 bits per heavy atom. The molecule has 0 aliphatic carbocycles. The molecule has 0 aliphatic rings. The third-order valence-electron chi connectivity index (χ3n) is 4.37. The second kappa shape index (κ2) is 6.68. The van der Waals surface area contributed by atoms with Gasteiger partial charge in [-0.2, -0.15) is 5.10 Å². The molecule has 0 saturated carbocycles. The van der Waals surface area contributed by atoms with E-state index in [9.17, 15) is 0 Å². The van der Waals surface area contributed by atoms with Crippen molar-refractivity contribution < 1.29 is 0 Å². The Bertz CT molecular complexity index is 1270. The number of aromatic nitrogens is 8. The summed E-state index contributed by atoms with van der Waals surface area (Å²) in [6.45, 7) is 1.80. The molecule has 0 unspecified atom stereocenters. The van der Waals surface area contributed by atoms with Crippen molar-refractivity contribution in [2.24, 2.45) is 0 Å². The van der Waals surface area contributed by atoms with Gasteiger partial charge in [-0.15, -0.1) is 0 Å². The van der Waals surface area contributed by atoms with Crippen LogP contribution in [0.4, 0.5) is 17.5 Å². The lowest BCUT2D eigenvalue weighted by atomic mass is 10.1. The molecule has 142 valence electrons. The Hall–Kier alpha value is -4.34. The Morgan fingerprint density at radius 2 is 1.90 bits per heavy atom. The predicted octanol–water partition coefficient (Wildman–Crippen LogP) is 2.61. The zero-order valence-electron chi connectivity index (χ0n) is 15.4. The number of rotatable bonds is 4. The zero-order chi connectivity index (χ0) is 19.8. The topological polar surface area (TPSA) is 136 Å². The minimum Gasteiger partial charge on any atom is -0.384 e. The standard InChI is InChI=1S/C19H16N10/c1-11-24-14(6-15(20)25-11)18-19(26-16-4-5-23-28-16)27-17-3-2-12(9-29(17)18)13-7-21-10-22-8-13/h2-10H,1H3,(H2,20,24,25)(H2,23,26,28). The maximum absolute atomic E-state index is 5.98. The van der Waals surface area contributed by atoms with Crippen LogP contribution in [-0.4, -0.2) is 39.5 Å². The molecule has 29 heavy (non-hydrogen) atoms. The average molecular weight is 384 g/mol. The highest BCUT2D eigenvalue weighted by Crippen LogP contribution is 2.32. The highest BCUT2D eigenvalue weighted by Gasteiger charge is 2.18. The van der Waals surface area contributed by atoms with Crippen molar-refractivity contribution in [3.63, 3.8) is 0 Å². The number of hydrogen-bond donors (Lipinski definition) is 3. The second-order valence-corrected chi connectivity index (χ2v) is 6.40. The van der Waals surface area contributed by atoms with Crippen LogP contribution in [0.15, 0.2) is 55.4 Å². The zero-order valence-corrected chi connectivity index (χ0v) is 15.4. The van der Waals surface area contributed by atoms with E-state index in [1.54, 1.807) is 31.6 Å². The molecule has 0 fully saturated rings. The predicted molar refractivity (Wildman–Crippen MR) is 108 cm³/mol. The number of imidazole rings is 1. The lowest BCUT2D eigenvalue weighted by Crippen LogP contribution is -2.01. The van der Waals surface area contributed by atoms with Crippen molar-refractivity contribution >= 4 is 23.1 Å². The van der Waals surface area contributed by atoms with E-state index >= 15 is 0 Å². The van der Waals surface area contributed by atoms with Crippen molar-refractivity contribution in [3.8, 4) is 22.5 Å². The summed E-state index contributed by atoms with van der Waals surface area (Å²) in [4.78, 5) is 21.7. The number of nitrogens with two attached hydrogens (primary N) is 1. The fraction of sp³-hybridized carbons (Fsp3) is 0.0526. The minimum absolute atomic E-state index is 0.391. The number of fused-ring (bicyclic) bond motifs is 1. The minimum atomic E-state index is 0.391. The molecular weight excluding hydrogens is 368 g/mol. The summed E-state index contributed by atoms with van der Waals surface area (Å²) in [5.41, 5.74) is 9.99. The fourth-order valence-corrected chi connectivity index (χ4v) is 3.16. The quantitative estimate of drug-likeness (QED) is 0.430. The van der Waals surface area contributed by atoms with E-state index in [0.717, 1.165) is 22.5 Å². The van der Waals surface area contributed by atoms with Crippen molar-refractivity contribution in [2.45, 2.75) is 6.92 Å². The molecule has 5 aromatic heterocycles. The smallest absolute Gasteiger partial charge is 0.160 e. The number of aryl methyl sites for hydroxylation is 1. The van der Waals surface area contributed by atoms with E-state index in [1.165, 1.54) is 6.33 Å². The molecule has 10 nitrogen and oxygen atoms in total. The van der Waals surface area contributed by atoms with Crippen LogP contribution in [0.2, 0.25) is 0 Å². The fourth-order valence-electron chi connectivity index (χ4n) is 3.16. The summed E-state index contributed by atoms with van der Waals surface area (Å²) in [5, 5.41) is 10.1. The first-order valence-corrected chi connectivity index (χ1v) is 8.83. The van der Waals surface area contributed by atoms with Gasteiger partial charge in [0.15, 0.2) is 5.82 Å². The van der Waals surface area contributed by atoms with E-state index in [2.05, 4.69) is 35.5 Å². The van der Waals surface area contributed by atoms with E-state index in [4.69, 9.17) is 10.7 Å². The van der Waals surface area contributed by atoms with Gasteiger partial charge >= 0.3 is 0 Å². The molecule has 10 heteroatoms. The molecule has 0 amide bonds. The number of aromatic amines is 1. The molecule has 5 rings (SSSR count). The van der Waals surface area contributed by atoms with Gasteiger partial charge in [-0.3, -0.25) is 9.50 Å². The number of nitrogen functional groups attached to an aromatic ring is 1. The number of hydrogen-bond acceptors (Lipinski definition) is 8. The number of nitrogens with one attached hydrogen (secondary N) is 2. The highest BCUT2D eigenvalue weighted by molar-refractivity contribution is 5.79. The van der Waals surface area contributed by atoms with Crippen molar-refractivity contribution in [1.82, 2.24) is 39.5 Å². The van der Waals surface area contributed by atoms with Gasteiger partial charge in [0.25, 0.3) is 0 Å². The summed E-state index contributed by atoms with van der Waals surface area (Å²) in [6.07, 6.45) is 8.67.